The van der Waals surface area contributed by atoms with Crippen LogP contribution in [0.25, 0.3) is 0 Å². The van der Waals surface area contributed by atoms with Crippen molar-refractivity contribution in [3.8, 4) is 0 Å². The summed E-state index contributed by atoms with van der Waals surface area (Å²) in [6.07, 6.45) is 4.32. The molecule has 0 spiro atoms. The van der Waals surface area contributed by atoms with Gasteiger partial charge < -0.3 is 4.74 Å². The molecule has 1 atom stereocenters. The van der Waals surface area contributed by atoms with Gasteiger partial charge in [0, 0.05) is 24.3 Å². The van der Waals surface area contributed by atoms with Crippen molar-refractivity contribution in [1.82, 2.24) is 9.13 Å². The zero-order valence-electron chi connectivity index (χ0n) is 14.3. The fourth-order valence-corrected chi connectivity index (χ4v) is 3.10. The van der Waals surface area contributed by atoms with Gasteiger partial charge >= 0.3 is 5.69 Å². The summed E-state index contributed by atoms with van der Waals surface area (Å²) in [5.41, 5.74) is 0.110. The van der Waals surface area contributed by atoms with Crippen LogP contribution in [0.3, 0.4) is 0 Å². The van der Waals surface area contributed by atoms with Crippen molar-refractivity contribution in [2.75, 3.05) is 6.61 Å². The molecule has 2 rings (SSSR count). The minimum Gasteiger partial charge on any atom is -0.358 e. The van der Waals surface area contributed by atoms with Gasteiger partial charge in [-0.25, -0.2) is 13.9 Å². The zero-order valence-corrected chi connectivity index (χ0v) is 14.3. The predicted octanol–water partition coefficient (Wildman–Crippen LogP) is 2.41. The Kier molecular flexibility index (Phi) is 5.93. The Morgan fingerprint density at radius 1 is 1.26 bits per heavy atom. The van der Waals surface area contributed by atoms with E-state index in [0.717, 1.165) is 30.3 Å². The van der Waals surface area contributed by atoms with Crippen molar-refractivity contribution >= 4 is 5.91 Å². The van der Waals surface area contributed by atoms with Crippen LogP contribution in [0.5, 0.6) is 0 Å². The maximum absolute atomic E-state index is 12.8. The highest BCUT2D eigenvalue weighted by atomic mass is 16.5. The maximum atomic E-state index is 12.8. The molecule has 6 nitrogen and oxygen atoms in total. The van der Waals surface area contributed by atoms with Crippen LogP contribution in [0.2, 0.25) is 0 Å². The van der Waals surface area contributed by atoms with E-state index in [0.29, 0.717) is 37.1 Å². The molecule has 0 radical (unpaired) electrons. The monoisotopic (exact) mass is 322 g/mol. The molecule has 6 heteroatoms. The molecule has 0 saturated carbocycles. The number of unbranched alkanes of at least 4 members (excludes halogenated alkanes) is 1. The zero-order chi connectivity index (χ0) is 17.0. The summed E-state index contributed by atoms with van der Waals surface area (Å²) in [5, 5.41) is 0. The second-order valence-electron chi connectivity index (χ2n) is 6.03. The molecule has 0 aromatic carbocycles. The lowest BCUT2D eigenvalue weighted by Crippen LogP contribution is -2.47. The predicted molar refractivity (Wildman–Crippen MR) is 88.1 cm³/mol. The van der Waals surface area contributed by atoms with Gasteiger partial charge in [0.15, 0.2) is 0 Å². The number of carbonyl (C=O) groups excluding carboxylic acids is 1. The van der Waals surface area contributed by atoms with Crippen LogP contribution < -0.4 is 11.2 Å². The number of aromatic nitrogens is 2. The third-order valence-corrected chi connectivity index (χ3v) is 4.44. The molecule has 23 heavy (non-hydrogen) atoms. The summed E-state index contributed by atoms with van der Waals surface area (Å²) in [7, 11) is 0. The SMILES string of the molecule is CCCCC(=O)n1c(C)c(CC)c(=O)n(C2CCCCO2)c1=O. The molecule has 1 aromatic rings. The topological polar surface area (TPSA) is 70.3 Å². The van der Waals surface area contributed by atoms with Gasteiger partial charge in [0.25, 0.3) is 5.56 Å². The highest BCUT2D eigenvalue weighted by molar-refractivity contribution is 5.79. The summed E-state index contributed by atoms with van der Waals surface area (Å²) in [4.78, 5) is 38.0. The fourth-order valence-electron chi connectivity index (χ4n) is 3.10. The van der Waals surface area contributed by atoms with E-state index in [4.69, 9.17) is 4.74 Å². The molecule has 1 unspecified atom stereocenters. The lowest BCUT2D eigenvalue weighted by molar-refractivity contribution is -0.0375. The fraction of sp³-hybridized carbons (Fsp3) is 0.706. The first kappa shape index (κ1) is 17.7. The van der Waals surface area contributed by atoms with E-state index in [-0.39, 0.29) is 11.5 Å². The molecule has 1 saturated heterocycles. The van der Waals surface area contributed by atoms with Gasteiger partial charge in [-0.3, -0.25) is 9.59 Å². The van der Waals surface area contributed by atoms with E-state index in [1.807, 2.05) is 13.8 Å². The van der Waals surface area contributed by atoms with Crippen molar-refractivity contribution in [2.24, 2.45) is 0 Å². The number of hydrogen-bond donors (Lipinski definition) is 0. The highest BCUT2D eigenvalue weighted by Crippen LogP contribution is 2.20. The Labute approximate surface area is 136 Å². The van der Waals surface area contributed by atoms with Crippen molar-refractivity contribution in [3.63, 3.8) is 0 Å². The van der Waals surface area contributed by atoms with Gasteiger partial charge in [0.2, 0.25) is 5.91 Å². The van der Waals surface area contributed by atoms with Gasteiger partial charge in [0.1, 0.15) is 6.23 Å². The number of ether oxygens (including phenoxy) is 1. The quantitative estimate of drug-likeness (QED) is 0.834. The largest absolute Gasteiger partial charge is 0.358 e. The van der Waals surface area contributed by atoms with E-state index in [9.17, 15) is 14.4 Å². The Bertz CT molecular complexity index is 681. The average Bonchev–Trinajstić information content (AvgIpc) is 2.54. The highest BCUT2D eigenvalue weighted by Gasteiger charge is 2.25. The molecule has 2 heterocycles. The number of nitrogens with zero attached hydrogens (tertiary/aromatic N) is 2. The standard InChI is InChI=1S/C17H26N2O4/c1-4-6-9-14(20)18-12(3)13(5-2)16(21)19(17(18)22)15-10-7-8-11-23-15/h15H,4-11H2,1-3H3. The van der Waals surface area contributed by atoms with Gasteiger partial charge in [-0.1, -0.05) is 20.3 Å². The number of hydrogen-bond acceptors (Lipinski definition) is 4. The molecule has 1 aliphatic heterocycles. The van der Waals surface area contributed by atoms with E-state index in [2.05, 4.69) is 0 Å². The van der Waals surface area contributed by atoms with Gasteiger partial charge in [-0.05, 0) is 39.0 Å². The van der Waals surface area contributed by atoms with Crippen LogP contribution in [0, 0.1) is 6.92 Å². The molecular weight excluding hydrogens is 296 g/mol. The molecule has 1 aromatic heterocycles. The van der Waals surface area contributed by atoms with Crippen LogP contribution in [0.15, 0.2) is 9.59 Å². The van der Waals surface area contributed by atoms with Gasteiger partial charge in [-0.15, -0.1) is 0 Å². The molecule has 0 amide bonds. The number of rotatable bonds is 5. The van der Waals surface area contributed by atoms with Crippen LogP contribution in [0.1, 0.15) is 74.7 Å². The lowest BCUT2D eigenvalue weighted by atomic mass is 10.1. The average molecular weight is 322 g/mol. The second-order valence-corrected chi connectivity index (χ2v) is 6.03. The molecular formula is C17H26N2O4. The minimum atomic E-state index is -0.558. The molecule has 0 bridgehead atoms. The first-order chi connectivity index (χ1) is 11.0. The van der Waals surface area contributed by atoms with E-state index >= 15 is 0 Å². The third kappa shape index (κ3) is 3.47. The maximum Gasteiger partial charge on any atom is 0.340 e. The van der Waals surface area contributed by atoms with Crippen molar-refractivity contribution in [2.45, 2.75) is 71.9 Å². The smallest absolute Gasteiger partial charge is 0.340 e. The number of carbonyl (C=O) groups is 1. The first-order valence-electron chi connectivity index (χ1n) is 8.54. The van der Waals surface area contributed by atoms with E-state index in [1.54, 1.807) is 6.92 Å². The lowest BCUT2D eigenvalue weighted by Gasteiger charge is -2.25. The molecule has 0 N–H and O–H groups in total. The Balaban J connectivity index is 2.60. The van der Waals surface area contributed by atoms with E-state index in [1.165, 1.54) is 4.57 Å². The second kappa shape index (κ2) is 7.73. The van der Waals surface area contributed by atoms with Crippen molar-refractivity contribution in [1.29, 1.82) is 0 Å². The molecule has 1 fully saturated rings. The first-order valence-corrected chi connectivity index (χ1v) is 8.54. The summed E-state index contributed by atoms with van der Waals surface area (Å²) in [6, 6.07) is 0. The van der Waals surface area contributed by atoms with Crippen LogP contribution in [-0.4, -0.2) is 21.6 Å². The normalized spacial score (nSPS) is 18.1. The Morgan fingerprint density at radius 2 is 2.00 bits per heavy atom. The van der Waals surface area contributed by atoms with Crippen LogP contribution in [-0.2, 0) is 11.2 Å². The van der Waals surface area contributed by atoms with Crippen LogP contribution >= 0.6 is 0 Å². The molecule has 1 aliphatic rings. The Hall–Kier alpha value is -1.69. The summed E-state index contributed by atoms with van der Waals surface area (Å²) in [6.45, 7) is 6.07. The van der Waals surface area contributed by atoms with Gasteiger partial charge in [0.05, 0.1) is 0 Å². The minimum absolute atomic E-state index is 0.242. The molecule has 0 aliphatic carbocycles. The Morgan fingerprint density at radius 3 is 2.57 bits per heavy atom. The van der Waals surface area contributed by atoms with Crippen molar-refractivity contribution in [3.05, 3.63) is 32.1 Å². The molecule has 128 valence electrons. The summed E-state index contributed by atoms with van der Waals surface area (Å²) >= 11 is 0. The van der Waals surface area contributed by atoms with E-state index < -0.39 is 11.9 Å². The summed E-state index contributed by atoms with van der Waals surface area (Å²) in [5.74, 6) is -0.242. The van der Waals surface area contributed by atoms with Crippen LogP contribution in [0.4, 0.5) is 0 Å². The van der Waals surface area contributed by atoms with Crippen molar-refractivity contribution < 1.29 is 9.53 Å². The van der Waals surface area contributed by atoms with Gasteiger partial charge in [-0.2, -0.15) is 0 Å². The summed E-state index contributed by atoms with van der Waals surface area (Å²) < 4.78 is 7.94. The third-order valence-electron chi connectivity index (χ3n) is 4.44.